The Morgan fingerprint density at radius 2 is 1.63 bits per heavy atom. The first kappa shape index (κ1) is 17.5. The number of aromatic nitrogens is 2. The SMILES string of the molecule is Cc1nccn1[C@H]1CCC(C(C(N)=O)(c2ccccc2)c2ccccc2)C1. The average Bonchev–Trinajstić information content (AvgIpc) is 3.33. The standard InChI is InChI=1S/C23H25N3O/c1-17-25-14-15-26(17)21-13-12-20(16-21)23(22(24)27,18-8-4-2-5-9-18)19-10-6-3-7-11-19/h2-11,14-15,20-21H,12-13,16H2,1H3,(H2,24,27)/t20?,21-/m0/s1. The normalized spacial score (nSPS) is 19.9. The molecule has 1 saturated carbocycles. The molecule has 2 N–H and O–H groups in total. The van der Waals surface area contributed by atoms with Crippen LogP contribution in [0.3, 0.4) is 0 Å². The van der Waals surface area contributed by atoms with E-state index in [9.17, 15) is 4.79 Å². The number of nitrogens with zero attached hydrogens (tertiary/aromatic N) is 2. The van der Waals surface area contributed by atoms with E-state index in [1.54, 1.807) is 0 Å². The zero-order valence-electron chi connectivity index (χ0n) is 15.6. The fourth-order valence-electron chi connectivity index (χ4n) is 4.90. The number of hydrogen-bond donors (Lipinski definition) is 1. The number of hydrogen-bond acceptors (Lipinski definition) is 2. The lowest BCUT2D eigenvalue weighted by Crippen LogP contribution is -2.47. The number of primary amides is 1. The van der Waals surface area contributed by atoms with Crippen LogP contribution < -0.4 is 5.73 Å². The highest BCUT2D eigenvalue weighted by Crippen LogP contribution is 2.49. The maximum absolute atomic E-state index is 13.1. The van der Waals surface area contributed by atoms with E-state index in [4.69, 9.17) is 5.73 Å². The number of nitrogens with two attached hydrogens (primary N) is 1. The van der Waals surface area contributed by atoms with Crippen molar-refractivity contribution in [1.82, 2.24) is 9.55 Å². The second-order valence-electron chi connectivity index (χ2n) is 7.45. The van der Waals surface area contributed by atoms with E-state index in [2.05, 4.69) is 9.55 Å². The van der Waals surface area contributed by atoms with Gasteiger partial charge in [-0.15, -0.1) is 0 Å². The summed E-state index contributed by atoms with van der Waals surface area (Å²) in [6.07, 6.45) is 6.77. The lowest BCUT2D eigenvalue weighted by Gasteiger charge is -2.37. The van der Waals surface area contributed by atoms with Crippen molar-refractivity contribution in [2.75, 3.05) is 0 Å². The van der Waals surface area contributed by atoms with Crippen molar-refractivity contribution < 1.29 is 4.79 Å². The van der Waals surface area contributed by atoms with Gasteiger partial charge in [-0.3, -0.25) is 4.79 Å². The Labute approximate surface area is 160 Å². The van der Waals surface area contributed by atoms with Crippen molar-refractivity contribution in [1.29, 1.82) is 0 Å². The lowest BCUT2D eigenvalue weighted by atomic mass is 9.64. The summed E-state index contributed by atoms with van der Waals surface area (Å²) in [5.41, 5.74) is 7.30. The second kappa shape index (κ2) is 7.03. The van der Waals surface area contributed by atoms with Crippen LogP contribution >= 0.6 is 0 Å². The molecule has 0 bridgehead atoms. The van der Waals surface area contributed by atoms with Gasteiger partial charge in [-0.1, -0.05) is 60.7 Å². The number of benzene rings is 2. The van der Waals surface area contributed by atoms with Gasteiger partial charge in [0.1, 0.15) is 11.2 Å². The van der Waals surface area contributed by atoms with Crippen molar-refractivity contribution in [3.8, 4) is 0 Å². The Hall–Kier alpha value is -2.88. The van der Waals surface area contributed by atoms with Crippen LogP contribution in [0.5, 0.6) is 0 Å². The topological polar surface area (TPSA) is 60.9 Å². The Bertz CT molecular complexity index is 878. The summed E-state index contributed by atoms with van der Waals surface area (Å²) in [7, 11) is 0. The van der Waals surface area contributed by atoms with Crippen LogP contribution in [0.2, 0.25) is 0 Å². The molecule has 1 heterocycles. The average molecular weight is 359 g/mol. The van der Waals surface area contributed by atoms with Gasteiger partial charge < -0.3 is 10.3 Å². The Morgan fingerprint density at radius 1 is 1.04 bits per heavy atom. The molecule has 4 heteroatoms. The lowest BCUT2D eigenvalue weighted by molar-refractivity contribution is -0.123. The largest absolute Gasteiger partial charge is 0.369 e. The Kier molecular flexibility index (Phi) is 4.56. The summed E-state index contributed by atoms with van der Waals surface area (Å²) < 4.78 is 2.24. The molecule has 1 aliphatic carbocycles. The van der Waals surface area contributed by atoms with Crippen LogP contribution in [0.4, 0.5) is 0 Å². The summed E-state index contributed by atoms with van der Waals surface area (Å²) >= 11 is 0. The molecule has 0 aliphatic heterocycles. The maximum Gasteiger partial charge on any atom is 0.232 e. The molecule has 4 rings (SSSR count). The number of aryl methyl sites for hydroxylation is 1. The van der Waals surface area contributed by atoms with Gasteiger partial charge in [0.25, 0.3) is 0 Å². The van der Waals surface area contributed by atoms with Crippen LogP contribution in [0.25, 0.3) is 0 Å². The molecule has 0 spiro atoms. The molecule has 1 amide bonds. The fourth-order valence-corrected chi connectivity index (χ4v) is 4.90. The smallest absolute Gasteiger partial charge is 0.232 e. The first-order valence-electron chi connectivity index (χ1n) is 9.54. The highest BCUT2D eigenvalue weighted by atomic mass is 16.1. The number of carbonyl (C=O) groups is 1. The molecule has 138 valence electrons. The quantitative estimate of drug-likeness (QED) is 0.748. The summed E-state index contributed by atoms with van der Waals surface area (Å²) in [4.78, 5) is 17.4. The van der Waals surface area contributed by atoms with Crippen molar-refractivity contribution in [3.63, 3.8) is 0 Å². The van der Waals surface area contributed by atoms with Crippen LogP contribution in [0.1, 0.15) is 42.3 Å². The van der Waals surface area contributed by atoms with E-state index in [1.165, 1.54) is 0 Å². The molecule has 2 atom stereocenters. The van der Waals surface area contributed by atoms with Gasteiger partial charge in [-0.05, 0) is 43.2 Å². The van der Waals surface area contributed by atoms with Crippen molar-refractivity contribution >= 4 is 5.91 Å². The predicted molar refractivity (Wildman–Crippen MR) is 106 cm³/mol. The minimum atomic E-state index is -0.814. The molecular formula is C23H25N3O. The molecule has 1 aliphatic rings. The highest BCUT2D eigenvalue weighted by Gasteiger charge is 2.50. The number of carbonyl (C=O) groups excluding carboxylic acids is 1. The van der Waals surface area contributed by atoms with Crippen molar-refractivity contribution in [2.45, 2.75) is 37.6 Å². The third-order valence-corrected chi connectivity index (χ3v) is 6.12. The first-order chi connectivity index (χ1) is 13.1. The van der Waals surface area contributed by atoms with Gasteiger partial charge in [0.15, 0.2) is 0 Å². The monoisotopic (exact) mass is 359 g/mol. The third kappa shape index (κ3) is 2.85. The molecular weight excluding hydrogens is 334 g/mol. The van der Waals surface area contributed by atoms with E-state index >= 15 is 0 Å². The number of imidazole rings is 1. The van der Waals surface area contributed by atoms with E-state index in [0.717, 1.165) is 36.2 Å². The van der Waals surface area contributed by atoms with Crippen molar-refractivity contribution in [3.05, 3.63) is 90.0 Å². The van der Waals surface area contributed by atoms with Crippen LogP contribution in [0.15, 0.2) is 73.1 Å². The number of rotatable bonds is 5. The van der Waals surface area contributed by atoms with Crippen LogP contribution in [0, 0.1) is 12.8 Å². The van der Waals surface area contributed by atoms with E-state index in [0.29, 0.717) is 6.04 Å². The maximum atomic E-state index is 13.1. The molecule has 0 saturated heterocycles. The Morgan fingerprint density at radius 3 is 2.11 bits per heavy atom. The molecule has 0 radical (unpaired) electrons. The van der Waals surface area contributed by atoms with Gasteiger partial charge in [-0.2, -0.15) is 0 Å². The zero-order chi connectivity index (χ0) is 18.9. The molecule has 2 aromatic carbocycles. The van der Waals surface area contributed by atoms with E-state index < -0.39 is 5.41 Å². The first-order valence-corrected chi connectivity index (χ1v) is 9.54. The van der Waals surface area contributed by atoms with E-state index in [1.807, 2.05) is 80.0 Å². The van der Waals surface area contributed by atoms with Gasteiger partial charge in [0.2, 0.25) is 5.91 Å². The summed E-state index contributed by atoms with van der Waals surface area (Å²) in [6.45, 7) is 2.03. The van der Waals surface area contributed by atoms with Crippen molar-refractivity contribution in [2.24, 2.45) is 11.7 Å². The van der Waals surface area contributed by atoms with Crippen LogP contribution in [-0.2, 0) is 10.2 Å². The summed E-state index contributed by atoms with van der Waals surface area (Å²) in [5.74, 6) is 0.893. The van der Waals surface area contributed by atoms with Gasteiger partial charge in [-0.25, -0.2) is 4.98 Å². The van der Waals surface area contributed by atoms with Gasteiger partial charge in [0.05, 0.1) is 0 Å². The molecule has 1 unspecified atom stereocenters. The highest BCUT2D eigenvalue weighted by molar-refractivity contribution is 5.91. The minimum Gasteiger partial charge on any atom is -0.369 e. The molecule has 4 nitrogen and oxygen atoms in total. The van der Waals surface area contributed by atoms with Gasteiger partial charge in [0, 0.05) is 18.4 Å². The summed E-state index contributed by atoms with van der Waals surface area (Å²) in [5, 5.41) is 0. The molecule has 3 aromatic rings. The van der Waals surface area contributed by atoms with Crippen LogP contribution in [-0.4, -0.2) is 15.5 Å². The fraction of sp³-hybridized carbons (Fsp3) is 0.304. The Balaban J connectivity index is 1.82. The number of amides is 1. The minimum absolute atomic E-state index is 0.145. The molecule has 1 fully saturated rings. The zero-order valence-corrected chi connectivity index (χ0v) is 15.6. The summed E-state index contributed by atoms with van der Waals surface area (Å²) in [6, 6.07) is 20.4. The van der Waals surface area contributed by atoms with E-state index in [-0.39, 0.29) is 11.8 Å². The molecule has 27 heavy (non-hydrogen) atoms. The third-order valence-electron chi connectivity index (χ3n) is 6.12. The van der Waals surface area contributed by atoms with Gasteiger partial charge >= 0.3 is 0 Å². The molecule has 1 aromatic heterocycles. The predicted octanol–water partition coefficient (Wildman–Crippen LogP) is 4.00. The second-order valence-corrected chi connectivity index (χ2v) is 7.45.